The number of anilines is 3. The summed E-state index contributed by atoms with van der Waals surface area (Å²) in [5.41, 5.74) is 2.20. The van der Waals surface area contributed by atoms with Gasteiger partial charge in [-0.25, -0.2) is 0 Å². The van der Waals surface area contributed by atoms with Crippen LogP contribution < -0.4 is 20.7 Å². The minimum Gasteiger partial charge on any atom is -0.497 e. The Hall–Kier alpha value is -4.99. The van der Waals surface area contributed by atoms with Crippen molar-refractivity contribution >= 4 is 35.1 Å². The van der Waals surface area contributed by atoms with Crippen molar-refractivity contribution < 1.29 is 23.5 Å². The van der Waals surface area contributed by atoms with Gasteiger partial charge in [-0.15, -0.1) is 5.10 Å². The molecule has 3 aromatic carbocycles. The summed E-state index contributed by atoms with van der Waals surface area (Å²) in [7, 11) is 1.57. The monoisotopic (exact) mass is 471 g/mol. The van der Waals surface area contributed by atoms with Crippen LogP contribution in [0.2, 0.25) is 0 Å². The van der Waals surface area contributed by atoms with E-state index in [0.717, 1.165) is 0 Å². The Morgan fingerprint density at radius 1 is 0.800 bits per heavy atom. The average Bonchev–Trinajstić information content (AvgIpc) is 3.33. The van der Waals surface area contributed by atoms with Gasteiger partial charge in [-0.05, 0) is 60.7 Å². The highest BCUT2D eigenvalue weighted by molar-refractivity contribution is 6.10. The van der Waals surface area contributed by atoms with E-state index in [1.54, 1.807) is 79.9 Å². The molecule has 0 aliphatic carbocycles. The van der Waals surface area contributed by atoms with Crippen LogP contribution in [0.15, 0.2) is 77.2 Å². The van der Waals surface area contributed by atoms with Gasteiger partial charge in [0.05, 0.1) is 18.4 Å². The van der Waals surface area contributed by atoms with Crippen molar-refractivity contribution in [1.82, 2.24) is 10.2 Å². The van der Waals surface area contributed by atoms with Crippen LogP contribution in [0.1, 0.15) is 27.6 Å². The molecule has 1 aromatic heterocycles. The van der Waals surface area contributed by atoms with Gasteiger partial charge < -0.3 is 19.8 Å². The number of ether oxygens (including phenoxy) is 1. The summed E-state index contributed by atoms with van der Waals surface area (Å²) in [6.45, 7) is 1.37. The largest absolute Gasteiger partial charge is 0.497 e. The summed E-state index contributed by atoms with van der Waals surface area (Å²) in [4.78, 5) is 36.6. The maximum absolute atomic E-state index is 12.7. The predicted octanol–water partition coefficient (Wildman–Crippen LogP) is 4.21. The summed E-state index contributed by atoms with van der Waals surface area (Å²) in [5.74, 6) is -0.191. The zero-order chi connectivity index (χ0) is 24.8. The zero-order valence-electron chi connectivity index (χ0n) is 18.9. The van der Waals surface area contributed by atoms with Gasteiger partial charge in [0.25, 0.3) is 11.8 Å². The van der Waals surface area contributed by atoms with Crippen LogP contribution in [0.3, 0.4) is 0 Å². The van der Waals surface area contributed by atoms with Crippen LogP contribution in [-0.2, 0) is 4.79 Å². The summed E-state index contributed by atoms with van der Waals surface area (Å²) in [6.07, 6.45) is 0. The van der Waals surface area contributed by atoms with Crippen LogP contribution in [0, 0.1) is 0 Å². The molecule has 4 aromatic rings. The van der Waals surface area contributed by atoms with Gasteiger partial charge in [0.15, 0.2) is 0 Å². The van der Waals surface area contributed by atoms with Crippen LogP contribution in [-0.4, -0.2) is 35.0 Å². The molecule has 176 valence electrons. The number of carbonyl (C=O) groups is 3. The molecule has 3 N–H and O–H groups in total. The molecular weight excluding hydrogens is 450 g/mol. The highest BCUT2D eigenvalue weighted by Gasteiger charge is 2.15. The lowest BCUT2D eigenvalue weighted by molar-refractivity contribution is -0.114. The second-order valence-corrected chi connectivity index (χ2v) is 7.35. The molecule has 0 radical (unpaired) electrons. The van der Waals surface area contributed by atoms with E-state index >= 15 is 0 Å². The molecule has 35 heavy (non-hydrogen) atoms. The molecule has 10 heteroatoms. The van der Waals surface area contributed by atoms with Crippen molar-refractivity contribution in [2.24, 2.45) is 0 Å². The molecule has 4 rings (SSSR count). The first kappa shape index (κ1) is 23.2. The third kappa shape index (κ3) is 5.69. The number of hydrogen-bond donors (Lipinski definition) is 3. The van der Waals surface area contributed by atoms with Crippen LogP contribution in [0.25, 0.3) is 11.5 Å². The highest BCUT2D eigenvalue weighted by Crippen LogP contribution is 2.23. The van der Waals surface area contributed by atoms with E-state index in [9.17, 15) is 14.4 Å². The van der Waals surface area contributed by atoms with Crippen molar-refractivity contribution in [3.8, 4) is 17.2 Å². The highest BCUT2D eigenvalue weighted by atomic mass is 16.5. The summed E-state index contributed by atoms with van der Waals surface area (Å²) in [5, 5.41) is 15.7. The van der Waals surface area contributed by atoms with Crippen molar-refractivity contribution in [2.75, 3.05) is 23.1 Å². The van der Waals surface area contributed by atoms with Crippen LogP contribution >= 0.6 is 0 Å². The number of hydrogen-bond acceptors (Lipinski definition) is 7. The van der Waals surface area contributed by atoms with Gasteiger partial charge in [-0.2, -0.15) is 0 Å². The minimum atomic E-state index is -0.455. The van der Waals surface area contributed by atoms with Crippen molar-refractivity contribution in [2.45, 2.75) is 6.92 Å². The molecule has 1 heterocycles. The molecule has 0 fully saturated rings. The lowest BCUT2D eigenvalue weighted by Gasteiger charge is -2.10. The van der Waals surface area contributed by atoms with E-state index in [4.69, 9.17) is 9.15 Å². The van der Waals surface area contributed by atoms with Crippen molar-refractivity contribution in [3.63, 3.8) is 0 Å². The number of nitrogens with one attached hydrogen (secondary N) is 3. The maximum atomic E-state index is 12.7. The molecule has 3 amide bonds. The van der Waals surface area contributed by atoms with Crippen LogP contribution in [0.4, 0.5) is 17.4 Å². The molecule has 0 bridgehead atoms. The lowest BCUT2D eigenvalue weighted by atomic mass is 10.1. The quantitative estimate of drug-likeness (QED) is 0.367. The molecule has 0 aliphatic rings. The van der Waals surface area contributed by atoms with Gasteiger partial charge in [0, 0.05) is 23.7 Å². The number of amides is 3. The fraction of sp³-hybridized carbons (Fsp3) is 0.0800. The van der Waals surface area contributed by atoms with E-state index in [2.05, 4.69) is 26.1 Å². The number of nitrogens with zero attached hydrogens (tertiary/aromatic N) is 2. The number of carbonyl (C=O) groups excluding carboxylic acids is 3. The number of aromatic nitrogens is 2. The fourth-order valence-corrected chi connectivity index (χ4v) is 3.18. The van der Waals surface area contributed by atoms with Gasteiger partial charge in [-0.1, -0.05) is 17.2 Å². The third-order valence-electron chi connectivity index (χ3n) is 4.87. The predicted molar refractivity (Wildman–Crippen MR) is 129 cm³/mol. The summed E-state index contributed by atoms with van der Waals surface area (Å²) < 4.78 is 10.6. The standard InChI is InChI=1S/C25H21N5O5/c1-15(31)26-21-6-4-3-5-20(21)23(33)27-18-11-7-16(8-12-18)22(32)28-25-30-29-24(35-25)17-9-13-19(34-2)14-10-17/h3-14H,1-2H3,(H,26,31)(H,27,33)(H,28,30,32). The van der Waals surface area contributed by atoms with Crippen molar-refractivity contribution in [3.05, 3.63) is 83.9 Å². The lowest BCUT2D eigenvalue weighted by Crippen LogP contribution is -2.17. The molecule has 0 spiro atoms. The average molecular weight is 471 g/mol. The van der Waals surface area contributed by atoms with Gasteiger partial charge in [0.2, 0.25) is 11.8 Å². The first-order valence-electron chi connectivity index (χ1n) is 10.5. The smallest absolute Gasteiger partial charge is 0.322 e. The van der Waals surface area contributed by atoms with E-state index in [1.165, 1.54) is 6.92 Å². The molecular formula is C25H21N5O5. The second kappa shape index (κ2) is 10.3. The Labute approximate surface area is 200 Å². The first-order valence-corrected chi connectivity index (χ1v) is 10.5. The van der Waals surface area contributed by atoms with E-state index in [1.807, 2.05) is 0 Å². The number of methoxy groups -OCH3 is 1. The first-order chi connectivity index (χ1) is 16.9. The molecule has 0 saturated carbocycles. The molecule has 0 aliphatic heterocycles. The Balaban J connectivity index is 1.39. The van der Waals surface area contributed by atoms with Gasteiger partial charge in [-0.3, -0.25) is 19.7 Å². The van der Waals surface area contributed by atoms with Crippen molar-refractivity contribution in [1.29, 1.82) is 0 Å². The summed E-state index contributed by atoms with van der Waals surface area (Å²) in [6, 6.07) is 19.9. The van der Waals surface area contributed by atoms with E-state index < -0.39 is 11.8 Å². The Morgan fingerprint density at radius 2 is 1.51 bits per heavy atom. The molecule has 0 saturated heterocycles. The van der Waals surface area contributed by atoms with Crippen LogP contribution in [0.5, 0.6) is 5.75 Å². The molecule has 10 nitrogen and oxygen atoms in total. The summed E-state index contributed by atoms with van der Waals surface area (Å²) >= 11 is 0. The SMILES string of the molecule is COc1ccc(-c2nnc(NC(=O)c3ccc(NC(=O)c4ccccc4NC(C)=O)cc3)o2)cc1. The number of benzene rings is 3. The minimum absolute atomic E-state index is 0.0484. The molecule has 0 atom stereocenters. The van der Waals surface area contributed by atoms with Gasteiger partial charge in [0.1, 0.15) is 5.75 Å². The van der Waals surface area contributed by atoms with E-state index in [-0.39, 0.29) is 17.8 Å². The zero-order valence-corrected chi connectivity index (χ0v) is 18.9. The van der Waals surface area contributed by atoms with Gasteiger partial charge >= 0.3 is 6.01 Å². The fourth-order valence-electron chi connectivity index (χ4n) is 3.18. The van der Waals surface area contributed by atoms with E-state index in [0.29, 0.717) is 33.8 Å². The third-order valence-corrected chi connectivity index (χ3v) is 4.87. The normalized spacial score (nSPS) is 10.3. The Bertz CT molecular complexity index is 1360. The Morgan fingerprint density at radius 3 is 2.20 bits per heavy atom. The number of para-hydroxylation sites is 1. The maximum Gasteiger partial charge on any atom is 0.322 e. The topological polar surface area (TPSA) is 135 Å². The Kier molecular flexibility index (Phi) is 6.82. The molecule has 0 unspecified atom stereocenters. The number of rotatable bonds is 7. The second-order valence-electron chi connectivity index (χ2n) is 7.35.